The van der Waals surface area contributed by atoms with Crippen LogP contribution in [0, 0.1) is 11.3 Å². The molecule has 3 aliphatic carbocycles. The molecule has 2 atom stereocenters. The van der Waals surface area contributed by atoms with Crippen molar-refractivity contribution >= 4 is 0 Å². The first-order valence-corrected chi connectivity index (χ1v) is 4.29. The average molecular weight is 140 g/mol. The second-order valence-corrected chi connectivity index (χ2v) is 4.55. The zero-order chi connectivity index (χ0) is 7.41. The lowest BCUT2D eigenvalue weighted by Crippen LogP contribution is -2.63. The second-order valence-electron chi connectivity index (χ2n) is 4.55. The van der Waals surface area contributed by atoms with Gasteiger partial charge < -0.3 is 5.11 Å². The SMILES string of the molecule is CC1(C)C2CCCC1(O)C2. The van der Waals surface area contributed by atoms with Crippen molar-refractivity contribution in [2.45, 2.75) is 45.1 Å². The molecule has 3 aliphatic rings. The van der Waals surface area contributed by atoms with E-state index in [-0.39, 0.29) is 11.0 Å². The fourth-order valence-corrected chi connectivity index (χ4v) is 2.70. The Labute approximate surface area is 62.4 Å². The molecule has 0 spiro atoms. The van der Waals surface area contributed by atoms with Crippen LogP contribution in [-0.2, 0) is 0 Å². The van der Waals surface area contributed by atoms with E-state index in [1.807, 2.05) is 0 Å². The Bertz CT molecular complexity index is 155. The summed E-state index contributed by atoms with van der Waals surface area (Å²) in [4.78, 5) is 0. The third-order valence-electron chi connectivity index (χ3n) is 3.95. The fraction of sp³-hybridized carbons (Fsp3) is 1.00. The third kappa shape index (κ3) is 0.531. The van der Waals surface area contributed by atoms with Crippen LogP contribution in [0.25, 0.3) is 0 Å². The lowest BCUT2D eigenvalue weighted by Gasteiger charge is -2.62. The van der Waals surface area contributed by atoms with Crippen molar-refractivity contribution in [3.05, 3.63) is 0 Å². The van der Waals surface area contributed by atoms with Crippen molar-refractivity contribution in [3.63, 3.8) is 0 Å². The zero-order valence-electron chi connectivity index (χ0n) is 6.85. The molecule has 0 aromatic heterocycles. The van der Waals surface area contributed by atoms with Gasteiger partial charge >= 0.3 is 0 Å². The van der Waals surface area contributed by atoms with Gasteiger partial charge in [-0.3, -0.25) is 0 Å². The molecule has 0 aromatic carbocycles. The molecule has 0 amide bonds. The minimum atomic E-state index is -0.282. The molecule has 0 radical (unpaired) electrons. The van der Waals surface area contributed by atoms with Crippen LogP contribution in [0.4, 0.5) is 0 Å². The number of fused-ring (bicyclic) bond motifs is 2. The van der Waals surface area contributed by atoms with Crippen LogP contribution < -0.4 is 0 Å². The summed E-state index contributed by atoms with van der Waals surface area (Å²) >= 11 is 0. The van der Waals surface area contributed by atoms with Gasteiger partial charge in [0.05, 0.1) is 5.60 Å². The highest BCUT2D eigenvalue weighted by Gasteiger charge is 2.60. The predicted octanol–water partition coefficient (Wildman–Crippen LogP) is 1.95. The zero-order valence-corrected chi connectivity index (χ0v) is 6.85. The van der Waals surface area contributed by atoms with E-state index in [2.05, 4.69) is 13.8 Å². The summed E-state index contributed by atoms with van der Waals surface area (Å²) in [5.74, 6) is 0.811. The van der Waals surface area contributed by atoms with E-state index >= 15 is 0 Å². The molecule has 3 fully saturated rings. The van der Waals surface area contributed by atoms with Crippen LogP contribution >= 0.6 is 0 Å². The maximum atomic E-state index is 9.97. The highest BCUT2D eigenvalue weighted by Crippen LogP contribution is 2.61. The van der Waals surface area contributed by atoms with Gasteiger partial charge in [0.2, 0.25) is 0 Å². The van der Waals surface area contributed by atoms with Crippen molar-refractivity contribution < 1.29 is 5.11 Å². The average Bonchev–Trinajstić information content (AvgIpc) is 1.88. The van der Waals surface area contributed by atoms with Gasteiger partial charge in [0.25, 0.3) is 0 Å². The summed E-state index contributed by atoms with van der Waals surface area (Å²) in [5.41, 5.74) is -0.0544. The fourth-order valence-electron chi connectivity index (χ4n) is 2.70. The lowest BCUT2D eigenvalue weighted by atomic mass is 9.46. The molecule has 10 heavy (non-hydrogen) atoms. The highest BCUT2D eigenvalue weighted by molar-refractivity contribution is 5.11. The van der Waals surface area contributed by atoms with E-state index in [1.54, 1.807) is 0 Å². The van der Waals surface area contributed by atoms with Gasteiger partial charge in [-0.05, 0) is 30.6 Å². The van der Waals surface area contributed by atoms with Crippen LogP contribution in [0.1, 0.15) is 39.5 Å². The van der Waals surface area contributed by atoms with Gasteiger partial charge in [0.1, 0.15) is 0 Å². The van der Waals surface area contributed by atoms with E-state index < -0.39 is 0 Å². The normalized spacial score (nSPS) is 50.1. The van der Waals surface area contributed by atoms with E-state index in [9.17, 15) is 5.11 Å². The Morgan fingerprint density at radius 2 is 2.10 bits per heavy atom. The minimum absolute atomic E-state index is 0.227. The Balaban J connectivity index is 2.24. The van der Waals surface area contributed by atoms with E-state index in [1.165, 1.54) is 12.8 Å². The predicted molar refractivity (Wildman–Crippen MR) is 40.7 cm³/mol. The molecule has 0 saturated heterocycles. The summed E-state index contributed by atoms with van der Waals surface area (Å²) in [5, 5.41) is 9.97. The lowest BCUT2D eigenvalue weighted by molar-refractivity contribution is -0.223. The molecular weight excluding hydrogens is 124 g/mol. The molecule has 2 unspecified atom stereocenters. The molecule has 0 aliphatic heterocycles. The molecule has 0 heterocycles. The van der Waals surface area contributed by atoms with Crippen LogP contribution in [0.2, 0.25) is 0 Å². The van der Waals surface area contributed by atoms with Gasteiger partial charge in [-0.1, -0.05) is 20.3 Å². The molecule has 3 saturated carbocycles. The second kappa shape index (κ2) is 1.58. The Kier molecular flexibility index (Phi) is 1.05. The summed E-state index contributed by atoms with van der Waals surface area (Å²) in [6.07, 6.45) is 4.69. The quantitative estimate of drug-likeness (QED) is 0.545. The topological polar surface area (TPSA) is 20.2 Å². The maximum Gasteiger partial charge on any atom is 0.0704 e. The first-order valence-electron chi connectivity index (χ1n) is 4.29. The Morgan fingerprint density at radius 1 is 1.40 bits per heavy atom. The monoisotopic (exact) mass is 140 g/mol. The van der Waals surface area contributed by atoms with Crippen LogP contribution in [0.15, 0.2) is 0 Å². The van der Waals surface area contributed by atoms with Gasteiger partial charge in [-0.2, -0.15) is 0 Å². The van der Waals surface area contributed by atoms with Gasteiger partial charge in [-0.25, -0.2) is 0 Å². The van der Waals surface area contributed by atoms with Crippen molar-refractivity contribution in [2.24, 2.45) is 11.3 Å². The van der Waals surface area contributed by atoms with Crippen LogP contribution in [0.3, 0.4) is 0 Å². The van der Waals surface area contributed by atoms with Crippen molar-refractivity contribution in [1.29, 1.82) is 0 Å². The first kappa shape index (κ1) is 6.66. The van der Waals surface area contributed by atoms with E-state index in [4.69, 9.17) is 0 Å². The molecule has 0 aromatic rings. The molecular formula is C9H16O. The molecule has 3 rings (SSSR count). The molecule has 1 nitrogen and oxygen atoms in total. The van der Waals surface area contributed by atoms with Crippen LogP contribution in [0.5, 0.6) is 0 Å². The van der Waals surface area contributed by atoms with Gasteiger partial charge in [0, 0.05) is 0 Å². The number of aliphatic hydroxyl groups is 1. The molecule has 1 N–H and O–H groups in total. The largest absolute Gasteiger partial charge is 0.389 e. The van der Waals surface area contributed by atoms with Gasteiger partial charge in [-0.15, -0.1) is 0 Å². The van der Waals surface area contributed by atoms with Crippen molar-refractivity contribution in [1.82, 2.24) is 0 Å². The third-order valence-corrected chi connectivity index (χ3v) is 3.95. The Hall–Kier alpha value is -0.0400. The van der Waals surface area contributed by atoms with E-state index in [0.29, 0.717) is 0 Å². The molecule has 2 bridgehead atoms. The summed E-state index contributed by atoms with van der Waals surface area (Å²) in [7, 11) is 0. The summed E-state index contributed by atoms with van der Waals surface area (Å²) in [6.45, 7) is 4.42. The maximum absolute atomic E-state index is 9.97. The smallest absolute Gasteiger partial charge is 0.0704 e. The number of rotatable bonds is 0. The molecule has 58 valence electrons. The van der Waals surface area contributed by atoms with Crippen LogP contribution in [-0.4, -0.2) is 10.7 Å². The molecule has 1 heteroatoms. The van der Waals surface area contributed by atoms with E-state index in [0.717, 1.165) is 18.8 Å². The van der Waals surface area contributed by atoms with Crippen molar-refractivity contribution in [2.75, 3.05) is 0 Å². The van der Waals surface area contributed by atoms with Crippen molar-refractivity contribution in [3.8, 4) is 0 Å². The number of hydrogen-bond donors (Lipinski definition) is 1. The summed E-state index contributed by atoms with van der Waals surface area (Å²) < 4.78 is 0. The highest BCUT2D eigenvalue weighted by atomic mass is 16.3. The number of hydrogen-bond acceptors (Lipinski definition) is 1. The van der Waals surface area contributed by atoms with Gasteiger partial charge in [0.15, 0.2) is 0 Å². The summed E-state index contributed by atoms with van der Waals surface area (Å²) in [6, 6.07) is 0. The standard InChI is InChI=1S/C9H16O/c1-8(2)7-4-3-5-9(8,10)6-7/h7,10H,3-6H2,1-2H3. The Morgan fingerprint density at radius 3 is 2.40 bits per heavy atom. The first-order chi connectivity index (χ1) is 4.56. The minimum Gasteiger partial charge on any atom is -0.389 e.